The van der Waals surface area contributed by atoms with E-state index >= 15 is 0 Å². The summed E-state index contributed by atoms with van der Waals surface area (Å²) in [6, 6.07) is 18.5. The topological polar surface area (TPSA) is 47.5 Å². The lowest BCUT2D eigenvalue weighted by Crippen LogP contribution is -2.45. The van der Waals surface area contributed by atoms with Crippen molar-refractivity contribution in [3.63, 3.8) is 0 Å². The van der Waals surface area contributed by atoms with Gasteiger partial charge in [0.1, 0.15) is 10.9 Å². The molecule has 0 bridgehead atoms. The summed E-state index contributed by atoms with van der Waals surface area (Å²) in [5, 5.41) is 1.43. The van der Waals surface area contributed by atoms with E-state index in [1.807, 2.05) is 30.5 Å². The third-order valence-corrected chi connectivity index (χ3v) is 6.28. The number of anilines is 1. The number of morpholine rings is 1. The third kappa shape index (κ3) is 4.26. The van der Waals surface area contributed by atoms with Gasteiger partial charge in [-0.05, 0) is 49.7 Å². The van der Waals surface area contributed by atoms with E-state index in [0.29, 0.717) is 5.15 Å². The number of rotatable bonds is 4. The Bertz CT molecular complexity index is 1270. The van der Waals surface area contributed by atoms with Crippen molar-refractivity contribution in [2.45, 2.75) is 26.1 Å². The van der Waals surface area contributed by atoms with Gasteiger partial charge >= 0.3 is 0 Å². The molecule has 3 heterocycles. The fraction of sp³-hybridized carbons (Fsp3) is 0.259. The molecule has 0 aliphatic carbocycles. The number of hydrogen-bond donors (Lipinski definition) is 0. The maximum atomic E-state index is 5.97. The maximum absolute atomic E-state index is 5.97. The average Bonchev–Trinajstić information content (AvgIpc) is 2.83. The highest BCUT2D eigenvalue weighted by molar-refractivity contribution is 6.29. The number of benzene rings is 2. The van der Waals surface area contributed by atoms with Gasteiger partial charge in [0.2, 0.25) is 0 Å². The molecule has 5 nitrogen and oxygen atoms in total. The van der Waals surface area contributed by atoms with Crippen LogP contribution in [0.25, 0.3) is 33.2 Å². The van der Waals surface area contributed by atoms with Gasteiger partial charge in [-0.2, -0.15) is 0 Å². The van der Waals surface area contributed by atoms with Crippen molar-refractivity contribution in [2.24, 2.45) is 0 Å². The first-order chi connectivity index (χ1) is 16.0. The second kappa shape index (κ2) is 9.00. The molecule has 1 unspecified atom stereocenters. The summed E-state index contributed by atoms with van der Waals surface area (Å²) in [4.78, 5) is 11.4. The van der Waals surface area contributed by atoms with E-state index in [-0.39, 0.29) is 12.2 Å². The van der Waals surface area contributed by atoms with Crippen molar-refractivity contribution in [3.8, 4) is 28.0 Å². The van der Waals surface area contributed by atoms with Crippen molar-refractivity contribution >= 4 is 28.2 Å². The molecule has 1 fully saturated rings. The molecule has 2 atom stereocenters. The van der Waals surface area contributed by atoms with E-state index in [0.717, 1.165) is 52.0 Å². The van der Waals surface area contributed by atoms with Crippen LogP contribution in [-0.4, -0.2) is 42.4 Å². The monoisotopic (exact) mass is 459 g/mol. The molecule has 4 aromatic rings. The van der Waals surface area contributed by atoms with E-state index in [1.165, 1.54) is 5.69 Å². The van der Waals surface area contributed by atoms with Crippen LogP contribution in [0, 0.1) is 0 Å². The highest BCUT2D eigenvalue weighted by Gasteiger charge is 2.22. The molecule has 1 aliphatic rings. The van der Waals surface area contributed by atoms with Crippen LogP contribution in [0.15, 0.2) is 67.0 Å². The first-order valence-electron chi connectivity index (χ1n) is 11.1. The Hall–Kier alpha value is -3.15. The number of aromatic nitrogens is 2. The van der Waals surface area contributed by atoms with Crippen molar-refractivity contribution < 1.29 is 9.47 Å². The molecular formula is C27H26ClN3O2. The Kier molecular flexibility index (Phi) is 5.92. The number of ether oxygens (including phenoxy) is 2. The molecule has 0 saturated carbocycles. The molecule has 0 spiro atoms. The molecular weight excluding hydrogens is 434 g/mol. The lowest BCUT2D eigenvalue weighted by molar-refractivity contribution is -0.00521. The Morgan fingerprint density at radius 2 is 1.61 bits per heavy atom. The van der Waals surface area contributed by atoms with Crippen molar-refractivity contribution in [1.82, 2.24) is 9.97 Å². The molecule has 33 heavy (non-hydrogen) atoms. The van der Waals surface area contributed by atoms with Crippen LogP contribution in [0.5, 0.6) is 5.75 Å². The minimum absolute atomic E-state index is 0.225. The normalized spacial score (nSPS) is 18.5. The zero-order chi connectivity index (χ0) is 22.9. The highest BCUT2D eigenvalue weighted by Crippen LogP contribution is 2.39. The predicted octanol–water partition coefficient (Wildman–Crippen LogP) is 6.24. The van der Waals surface area contributed by atoms with E-state index in [1.54, 1.807) is 19.4 Å². The van der Waals surface area contributed by atoms with Gasteiger partial charge in [-0.1, -0.05) is 35.9 Å². The molecule has 6 heteroatoms. The van der Waals surface area contributed by atoms with Crippen LogP contribution in [0.1, 0.15) is 13.8 Å². The van der Waals surface area contributed by atoms with E-state index < -0.39 is 0 Å². The fourth-order valence-electron chi connectivity index (χ4n) is 4.63. The van der Waals surface area contributed by atoms with Gasteiger partial charge in [0.15, 0.2) is 0 Å². The van der Waals surface area contributed by atoms with Crippen LogP contribution in [0.3, 0.4) is 0 Å². The lowest BCUT2D eigenvalue weighted by Gasteiger charge is -2.36. The fourth-order valence-corrected chi connectivity index (χ4v) is 4.74. The Morgan fingerprint density at radius 3 is 2.27 bits per heavy atom. The molecule has 168 valence electrons. The second-order valence-corrected chi connectivity index (χ2v) is 8.87. The SMILES string of the molecule is COc1c(-c2ccc(N3CC(C)O[C@@H](C)C3)cc2)cnc2c(-c3ccc(Cl)nc3)cccc12. The van der Waals surface area contributed by atoms with E-state index in [4.69, 9.17) is 26.1 Å². The average molecular weight is 460 g/mol. The summed E-state index contributed by atoms with van der Waals surface area (Å²) in [6.45, 7) is 6.04. The quantitative estimate of drug-likeness (QED) is 0.338. The summed E-state index contributed by atoms with van der Waals surface area (Å²) in [5.41, 5.74) is 6.06. The second-order valence-electron chi connectivity index (χ2n) is 8.49. The molecule has 0 radical (unpaired) electrons. The minimum Gasteiger partial charge on any atom is -0.495 e. The molecule has 5 rings (SSSR count). The van der Waals surface area contributed by atoms with Crippen LogP contribution in [0.4, 0.5) is 5.69 Å². The summed E-state index contributed by atoms with van der Waals surface area (Å²) in [7, 11) is 1.71. The molecule has 2 aromatic heterocycles. The van der Waals surface area contributed by atoms with E-state index in [2.05, 4.69) is 48.0 Å². The Morgan fingerprint density at radius 1 is 0.879 bits per heavy atom. The lowest BCUT2D eigenvalue weighted by atomic mass is 9.99. The smallest absolute Gasteiger partial charge is 0.137 e. The number of fused-ring (bicyclic) bond motifs is 1. The first-order valence-corrected chi connectivity index (χ1v) is 11.5. The number of nitrogens with zero attached hydrogens (tertiary/aromatic N) is 3. The minimum atomic E-state index is 0.225. The van der Waals surface area contributed by atoms with Gasteiger partial charge in [0.25, 0.3) is 0 Å². The Balaban J connectivity index is 1.53. The van der Waals surface area contributed by atoms with Crippen molar-refractivity contribution in [1.29, 1.82) is 0 Å². The number of pyridine rings is 2. The van der Waals surface area contributed by atoms with Crippen LogP contribution in [-0.2, 0) is 4.74 Å². The van der Waals surface area contributed by atoms with Crippen molar-refractivity contribution in [3.05, 3.63) is 72.1 Å². The number of halogens is 1. The largest absolute Gasteiger partial charge is 0.495 e. The molecule has 0 amide bonds. The zero-order valence-corrected chi connectivity index (χ0v) is 19.7. The van der Waals surface area contributed by atoms with Crippen LogP contribution < -0.4 is 9.64 Å². The Labute approximate surface area is 199 Å². The number of hydrogen-bond acceptors (Lipinski definition) is 5. The first kappa shape index (κ1) is 21.7. The van der Waals surface area contributed by atoms with Gasteiger partial charge in [-0.15, -0.1) is 0 Å². The standard InChI is InChI=1S/C27H26ClN3O2/c1-17-15-31(16-18(2)33-17)21-10-7-19(8-11-21)24-14-30-26-22(20-9-12-25(28)29-13-20)5-4-6-23(26)27(24)32-3/h4-14,17-18H,15-16H2,1-3H3/t17-,18?/m0/s1. The van der Waals surface area contributed by atoms with E-state index in [9.17, 15) is 0 Å². The third-order valence-electron chi connectivity index (χ3n) is 6.05. The molecule has 1 saturated heterocycles. The van der Waals surface area contributed by atoms with Crippen LogP contribution in [0.2, 0.25) is 5.15 Å². The van der Waals surface area contributed by atoms with Crippen molar-refractivity contribution in [2.75, 3.05) is 25.1 Å². The molecule has 2 aromatic carbocycles. The zero-order valence-electron chi connectivity index (χ0n) is 19.0. The van der Waals surface area contributed by atoms with Gasteiger partial charge in [-0.25, -0.2) is 4.98 Å². The number of methoxy groups -OCH3 is 1. The highest BCUT2D eigenvalue weighted by atomic mass is 35.5. The summed E-state index contributed by atoms with van der Waals surface area (Å²) >= 11 is 5.97. The van der Waals surface area contributed by atoms with Gasteiger partial charge in [0.05, 0.1) is 24.8 Å². The number of para-hydroxylation sites is 1. The predicted molar refractivity (Wildman–Crippen MR) is 134 cm³/mol. The summed E-state index contributed by atoms with van der Waals surface area (Å²) < 4.78 is 11.8. The van der Waals surface area contributed by atoms with Gasteiger partial charge in [-0.3, -0.25) is 4.98 Å². The molecule has 1 aliphatic heterocycles. The summed E-state index contributed by atoms with van der Waals surface area (Å²) in [5.74, 6) is 0.810. The van der Waals surface area contributed by atoms with Gasteiger partial charge in [0, 0.05) is 53.2 Å². The summed E-state index contributed by atoms with van der Waals surface area (Å²) in [6.07, 6.45) is 4.11. The molecule has 0 N–H and O–H groups in total. The van der Waals surface area contributed by atoms with Gasteiger partial charge < -0.3 is 14.4 Å². The van der Waals surface area contributed by atoms with Crippen LogP contribution >= 0.6 is 11.6 Å². The maximum Gasteiger partial charge on any atom is 0.137 e.